The van der Waals surface area contributed by atoms with Gasteiger partial charge in [0.05, 0.1) is 10.6 Å². The molecule has 24 heavy (non-hydrogen) atoms. The highest BCUT2D eigenvalue weighted by Crippen LogP contribution is 2.13. The molecule has 0 saturated heterocycles. The number of aryl methyl sites for hydroxylation is 2. The predicted molar refractivity (Wildman–Crippen MR) is 95.8 cm³/mol. The van der Waals surface area contributed by atoms with Crippen molar-refractivity contribution in [1.29, 1.82) is 0 Å². The summed E-state index contributed by atoms with van der Waals surface area (Å²) >= 11 is 2.97. The third-order valence-electron chi connectivity index (χ3n) is 3.15. The molecule has 0 radical (unpaired) electrons. The van der Waals surface area contributed by atoms with Crippen molar-refractivity contribution >= 4 is 39.5 Å². The van der Waals surface area contributed by atoms with Crippen molar-refractivity contribution in [2.24, 2.45) is 0 Å². The standard InChI is InChI=1S/C15H16N6OS2/c1-10-8-23-13(19-10)3-2-6-16-12-5-4-11(7-17-12)14(22)20-15-21-18-9-24-15/h4-5,7-9H,2-3,6H2,1H3,(H,16,17)(H,20,21,22). The first kappa shape index (κ1) is 16.5. The van der Waals surface area contributed by atoms with Crippen molar-refractivity contribution in [2.75, 3.05) is 17.2 Å². The molecule has 2 N–H and O–H groups in total. The number of nitrogens with zero attached hydrogens (tertiary/aromatic N) is 4. The Hall–Kier alpha value is -2.39. The first-order chi connectivity index (χ1) is 11.7. The minimum Gasteiger partial charge on any atom is -0.370 e. The maximum atomic E-state index is 12.0. The first-order valence-electron chi connectivity index (χ1n) is 7.39. The third kappa shape index (κ3) is 4.56. The largest absolute Gasteiger partial charge is 0.370 e. The highest BCUT2D eigenvalue weighted by atomic mass is 32.1. The number of rotatable bonds is 7. The predicted octanol–water partition coefficient (Wildman–Crippen LogP) is 3.00. The molecule has 0 saturated carbocycles. The van der Waals surface area contributed by atoms with Gasteiger partial charge in [0.2, 0.25) is 5.13 Å². The Morgan fingerprint density at radius 3 is 2.88 bits per heavy atom. The van der Waals surface area contributed by atoms with Gasteiger partial charge in [-0.2, -0.15) is 0 Å². The van der Waals surface area contributed by atoms with E-state index < -0.39 is 0 Å². The van der Waals surface area contributed by atoms with E-state index in [1.807, 2.05) is 6.92 Å². The molecule has 0 unspecified atom stereocenters. The second-order valence-corrected chi connectivity index (χ2v) is 6.82. The molecule has 9 heteroatoms. The molecule has 0 aromatic carbocycles. The topological polar surface area (TPSA) is 92.7 Å². The molecule has 0 aliphatic heterocycles. The molecule has 3 aromatic rings. The van der Waals surface area contributed by atoms with Gasteiger partial charge in [0.1, 0.15) is 11.3 Å². The van der Waals surface area contributed by atoms with Gasteiger partial charge in [-0.1, -0.05) is 11.3 Å². The fraction of sp³-hybridized carbons (Fsp3) is 0.267. The summed E-state index contributed by atoms with van der Waals surface area (Å²) in [6, 6.07) is 3.53. The fourth-order valence-electron chi connectivity index (χ4n) is 2.00. The number of hydrogen-bond donors (Lipinski definition) is 2. The summed E-state index contributed by atoms with van der Waals surface area (Å²) < 4.78 is 0. The molecular formula is C15H16N6OS2. The van der Waals surface area contributed by atoms with E-state index >= 15 is 0 Å². The van der Waals surface area contributed by atoms with Gasteiger partial charge in [0.15, 0.2) is 0 Å². The summed E-state index contributed by atoms with van der Waals surface area (Å²) in [5.41, 5.74) is 3.12. The Labute approximate surface area is 147 Å². The van der Waals surface area contributed by atoms with Gasteiger partial charge in [0, 0.05) is 30.2 Å². The van der Waals surface area contributed by atoms with Crippen molar-refractivity contribution in [1.82, 2.24) is 20.2 Å². The van der Waals surface area contributed by atoms with E-state index in [4.69, 9.17) is 0 Å². The molecule has 3 rings (SSSR count). The number of amides is 1. The summed E-state index contributed by atoms with van der Waals surface area (Å²) in [7, 11) is 0. The van der Waals surface area contributed by atoms with Crippen LogP contribution in [0.5, 0.6) is 0 Å². The Morgan fingerprint density at radius 2 is 2.21 bits per heavy atom. The minimum atomic E-state index is -0.245. The minimum absolute atomic E-state index is 0.245. The van der Waals surface area contributed by atoms with Crippen LogP contribution in [0.2, 0.25) is 0 Å². The number of carbonyl (C=O) groups excluding carboxylic acids is 1. The highest BCUT2D eigenvalue weighted by Gasteiger charge is 2.08. The van der Waals surface area contributed by atoms with Crippen LogP contribution in [0, 0.1) is 6.92 Å². The monoisotopic (exact) mass is 360 g/mol. The van der Waals surface area contributed by atoms with Crippen molar-refractivity contribution in [3.05, 3.63) is 45.5 Å². The second kappa shape index (κ2) is 7.93. The SMILES string of the molecule is Cc1csc(CCCNc2ccc(C(=O)Nc3nncs3)cn2)n1. The van der Waals surface area contributed by atoms with Gasteiger partial charge < -0.3 is 5.32 Å². The molecule has 0 aliphatic carbocycles. The molecule has 0 atom stereocenters. The lowest BCUT2D eigenvalue weighted by atomic mass is 10.2. The maximum Gasteiger partial charge on any atom is 0.259 e. The third-order valence-corrected chi connectivity index (χ3v) is 4.78. The average molecular weight is 360 g/mol. The molecule has 0 bridgehead atoms. The molecular weight excluding hydrogens is 344 g/mol. The maximum absolute atomic E-state index is 12.0. The lowest BCUT2D eigenvalue weighted by molar-refractivity contribution is 0.102. The van der Waals surface area contributed by atoms with Crippen LogP contribution in [-0.2, 0) is 6.42 Å². The molecule has 3 heterocycles. The Balaban J connectivity index is 1.45. The summed E-state index contributed by atoms with van der Waals surface area (Å²) in [6.45, 7) is 2.81. The summed E-state index contributed by atoms with van der Waals surface area (Å²) in [6.07, 6.45) is 3.48. The molecule has 1 amide bonds. The Kier molecular flexibility index (Phi) is 5.44. The first-order valence-corrected chi connectivity index (χ1v) is 9.15. The lowest BCUT2D eigenvalue weighted by Crippen LogP contribution is -2.12. The number of nitrogens with one attached hydrogen (secondary N) is 2. The van der Waals surface area contributed by atoms with E-state index in [9.17, 15) is 4.79 Å². The lowest BCUT2D eigenvalue weighted by Gasteiger charge is -2.06. The van der Waals surface area contributed by atoms with Crippen LogP contribution in [0.1, 0.15) is 27.5 Å². The van der Waals surface area contributed by atoms with E-state index in [1.54, 1.807) is 35.2 Å². The summed E-state index contributed by atoms with van der Waals surface area (Å²) in [5.74, 6) is 0.503. The highest BCUT2D eigenvalue weighted by molar-refractivity contribution is 7.13. The van der Waals surface area contributed by atoms with Crippen LogP contribution in [0.3, 0.4) is 0 Å². The second-order valence-electron chi connectivity index (χ2n) is 5.04. The number of thiazole rings is 1. The van der Waals surface area contributed by atoms with Gasteiger partial charge in [-0.15, -0.1) is 21.5 Å². The van der Waals surface area contributed by atoms with Crippen molar-refractivity contribution in [2.45, 2.75) is 19.8 Å². The zero-order valence-electron chi connectivity index (χ0n) is 13.0. The molecule has 0 fully saturated rings. The molecule has 0 spiro atoms. The van der Waals surface area contributed by atoms with E-state index in [1.165, 1.54) is 11.3 Å². The van der Waals surface area contributed by atoms with Crippen molar-refractivity contribution in [3.8, 4) is 0 Å². The van der Waals surface area contributed by atoms with Gasteiger partial charge in [-0.3, -0.25) is 10.1 Å². The van der Waals surface area contributed by atoms with E-state index in [0.29, 0.717) is 10.7 Å². The fourth-order valence-corrected chi connectivity index (χ4v) is 3.26. The number of pyridine rings is 1. The van der Waals surface area contributed by atoms with E-state index in [-0.39, 0.29) is 5.91 Å². The van der Waals surface area contributed by atoms with Crippen LogP contribution in [-0.4, -0.2) is 32.6 Å². The zero-order chi connectivity index (χ0) is 16.8. The number of hydrogen-bond acceptors (Lipinski definition) is 8. The van der Waals surface area contributed by atoms with Gasteiger partial charge >= 0.3 is 0 Å². The van der Waals surface area contributed by atoms with Crippen LogP contribution >= 0.6 is 22.7 Å². The number of carbonyl (C=O) groups is 1. The van der Waals surface area contributed by atoms with E-state index in [0.717, 1.165) is 35.9 Å². The average Bonchev–Trinajstić information content (AvgIpc) is 3.24. The molecule has 3 aromatic heterocycles. The molecule has 0 aliphatic rings. The van der Waals surface area contributed by atoms with Crippen LogP contribution in [0.15, 0.2) is 29.2 Å². The number of aromatic nitrogens is 4. The van der Waals surface area contributed by atoms with Gasteiger partial charge in [-0.05, 0) is 25.5 Å². The van der Waals surface area contributed by atoms with Gasteiger partial charge in [0.25, 0.3) is 5.91 Å². The van der Waals surface area contributed by atoms with Gasteiger partial charge in [-0.25, -0.2) is 9.97 Å². The Morgan fingerprint density at radius 1 is 1.29 bits per heavy atom. The van der Waals surface area contributed by atoms with Crippen LogP contribution < -0.4 is 10.6 Å². The van der Waals surface area contributed by atoms with Crippen molar-refractivity contribution < 1.29 is 4.79 Å². The summed E-state index contributed by atoms with van der Waals surface area (Å²) in [5, 5.41) is 17.1. The molecule has 7 nitrogen and oxygen atoms in total. The smallest absolute Gasteiger partial charge is 0.259 e. The normalized spacial score (nSPS) is 10.5. The quantitative estimate of drug-likeness (QED) is 0.629. The molecule has 124 valence electrons. The van der Waals surface area contributed by atoms with E-state index in [2.05, 4.69) is 36.2 Å². The number of anilines is 2. The van der Waals surface area contributed by atoms with Crippen LogP contribution in [0.4, 0.5) is 10.9 Å². The van der Waals surface area contributed by atoms with Crippen LogP contribution in [0.25, 0.3) is 0 Å². The zero-order valence-corrected chi connectivity index (χ0v) is 14.7. The Bertz CT molecular complexity index is 785. The summed E-state index contributed by atoms with van der Waals surface area (Å²) in [4.78, 5) is 20.7. The van der Waals surface area contributed by atoms with Crippen molar-refractivity contribution in [3.63, 3.8) is 0 Å².